The molecular weight excluding hydrogens is 198 g/mol. The van der Waals surface area contributed by atoms with Gasteiger partial charge < -0.3 is 9.84 Å². The van der Waals surface area contributed by atoms with E-state index in [2.05, 4.69) is 10.2 Å². The van der Waals surface area contributed by atoms with Crippen molar-refractivity contribution < 1.29 is 14.6 Å². The molecule has 0 saturated carbocycles. The summed E-state index contributed by atoms with van der Waals surface area (Å²) in [5, 5.41) is 16.2. The maximum atomic E-state index is 10.2. The molecule has 0 spiro atoms. The van der Waals surface area contributed by atoms with Crippen LogP contribution < -0.4 is 0 Å². The average Bonchev–Trinajstić information content (AvgIpc) is 2.62. The molecule has 2 heterocycles. The van der Waals surface area contributed by atoms with Gasteiger partial charge in [0.1, 0.15) is 13.2 Å². The van der Waals surface area contributed by atoms with Gasteiger partial charge >= 0.3 is 5.97 Å². The number of carboxylic acids is 1. The van der Waals surface area contributed by atoms with Crippen LogP contribution in [0.15, 0.2) is 24.4 Å². The molecule has 0 aliphatic carbocycles. The van der Waals surface area contributed by atoms with Crippen molar-refractivity contribution >= 4 is 11.6 Å². The zero-order valence-electron chi connectivity index (χ0n) is 7.83. The summed E-state index contributed by atoms with van der Waals surface area (Å²) < 4.78 is 6.68. The molecule has 0 amide bonds. The second kappa shape index (κ2) is 4.05. The maximum Gasteiger partial charge on any atom is 0.329 e. The first-order chi connectivity index (χ1) is 7.27. The zero-order valence-corrected chi connectivity index (χ0v) is 7.83. The fourth-order valence-electron chi connectivity index (χ4n) is 1.22. The van der Waals surface area contributed by atoms with E-state index >= 15 is 0 Å². The van der Waals surface area contributed by atoms with Gasteiger partial charge in [-0.2, -0.15) is 0 Å². The highest BCUT2D eigenvalue weighted by Crippen LogP contribution is 2.03. The standard InChI is InChI=1S/C9H9N3O3/c13-9(14)6-15-5-8-11-10-7-3-1-2-4-12(7)8/h1-4H,5-6H2,(H,13,14). The fourth-order valence-corrected chi connectivity index (χ4v) is 1.22. The van der Waals surface area contributed by atoms with Crippen LogP contribution in [0.3, 0.4) is 0 Å². The van der Waals surface area contributed by atoms with Gasteiger partial charge in [0.15, 0.2) is 11.5 Å². The molecule has 6 heteroatoms. The van der Waals surface area contributed by atoms with E-state index in [1.54, 1.807) is 10.6 Å². The molecule has 0 aromatic carbocycles. The summed E-state index contributed by atoms with van der Waals surface area (Å²) in [5.74, 6) is -0.407. The number of carbonyl (C=O) groups is 1. The predicted molar refractivity (Wildman–Crippen MR) is 50.3 cm³/mol. The molecule has 6 nitrogen and oxygen atoms in total. The van der Waals surface area contributed by atoms with Crippen molar-refractivity contribution in [2.45, 2.75) is 6.61 Å². The SMILES string of the molecule is O=C(O)COCc1nnc2ccccn12. The second-order valence-electron chi connectivity index (χ2n) is 2.93. The molecule has 0 unspecified atom stereocenters. The Balaban J connectivity index is 2.11. The first-order valence-electron chi connectivity index (χ1n) is 4.35. The van der Waals surface area contributed by atoms with Gasteiger partial charge in [0.25, 0.3) is 0 Å². The first kappa shape index (κ1) is 9.60. The topological polar surface area (TPSA) is 76.7 Å². The number of aliphatic carboxylic acids is 1. The van der Waals surface area contributed by atoms with Crippen LogP contribution in [0.2, 0.25) is 0 Å². The number of fused-ring (bicyclic) bond motifs is 1. The van der Waals surface area contributed by atoms with Crippen LogP contribution in [-0.2, 0) is 16.1 Å². The van der Waals surface area contributed by atoms with E-state index in [0.29, 0.717) is 11.5 Å². The largest absolute Gasteiger partial charge is 0.480 e. The molecule has 0 fully saturated rings. The van der Waals surface area contributed by atoms with Gasteiger partial charge in [-0.3, -0.25) is 4.40 Å². The lowest BCUT2D eigenvalue weighted by Gasteiger charge is -1.99. The smallest absolute Gasteiger partial charge is 0.329 e. The Hall–Kier alpha value is -1.95. The molecule has 0 atom stereocenters. The molecule has 15 heavy (non-hydrogen) atoms. The van der Waals surface area contributed by atoms with Gasteiger partial charge in [0.05, 0.1) is 0 Å². The van der Waals surface area contributed by atoms with Crippen molar-refractivity contribution in [1.82, 2.24) is 14.6 Å². The third-order valence-corrected chi connectivity index (χ3v) is 1.84. The van der Waals surface area contributed by atoms with Gasteiger partial charge in [0, 0.05) is 6.20 Å². The van der Waals surface area contributed by atoms with E-state index in [-0.39, 0.29) is 13.2 Å². The van der Waals surface area contributed by atoms with Crippen molar-refractivity contribution in [3.05, 3.63) is 30.2 Å². The minimum atomic E-state index is -0.996. The molecule has 78 valence electrons. The van der Waals surface area contributed by atoms with Gasteiger partial charge in [-0.05, 0) is 12.1 Å². The van der Waals surface area contributed by atoms with Crippen LogP contribution in [0.25, 0.3) is 5.65 Å². The van der Waals surface area contributed by atoms with E-state index in [1.165, 1.54) is 0 Å². The van der Waals surface area contributed by atoms with Crippen LogP contribution in [0.4, 0.5) is 0 Å². The van der Waals surface area contributed by atoms with Gasteiger partial charge in [-0.1, -0.05) is 6.07 Å². The molecule has 2 aromatic rings. The molecule has 2 rings (SSSR count). The quantitative estimate of drug-likeness (QED) is 0.781. The van der Waals surface area contributed by atoms with E-state index in [1.807, 2.05) is 18.2 Å². The van der Waals surface area contributed by atoms with Crippen LogP contribution in [-0.4, -0.2) is 32.3 Å². The zero-order chi connectivity index (χ0) is 10.7. The van der Waals surface area contributed by atoms with Crippen LogP contribution >= 0.6 is 0 Å². The first-order valence-corrected chi connectivity index (χ1v) is 4.35. The predicted octanol–water partition coefficient (Wildman–Crippen LogP) is 0.330. The number of hydrogen-bond donors (Lipinski definition) is 1. The summed E-state index contributed by atoms with van der Waals surface area (Å²) >= 11 is 0. The molecule has 0 saturated heterocycles. The maximum absolute atomic E-state index is 10.2. The molecule has 0 radical (unpaired) electrons. The molecule has 0 aliphatic rings. The number of aromatic nitrogens is 3. The average molecular weight is 207 g/mol. The number of hydrogen-bond acceptors (Lipinski definition) is 4. The van der Waals surface area contributed by atoms with Gasteiger partial charge in [0.2, 0.25) is 0 Å². The fraction of sp³-hybridized carbons (Fsp3) is 0.222. The molecule has 1 N–H and O–H groups in total. The van der Waals surface area contributed by atoms with Gasteiger partial charge in [-0.25, -0.2) is 4.79 Å². The van der Waals surface area contributed by atoms with Gasteiger partial charge in [-0.15, -0.1) is 10.2 Å². The number of ether oxygens (including phenoxy) is 1. The third kappa shape index (κ3) is 2.10. The lowest BCUT2D eigenvalue weighted by molar-refractivity contribution is -0.142. The molecule has 2 aromatic heterocycles. The normalized spacial score (nSPS) is 10.7. The highest BCUT2D eigenvalue weighted by molar-refractivity contribution is 5.67. The lowest BCUT2D eigenvalue weighted by Crippen LogP contribution is -2.08. The van der Waals surface area contributed by atoms with Crippen molar-refractivity contribution in [1.29, 1.82) is 0 Å². The highest BCUT2D eigenvalue weighted by Gasteiger charge is 2.05. The summed E-state index contributed by atoms with van der Waals surface area (Å²) in [6.45, 7) is -0.195. The Kier molecular flexibility index (Phi) is 2.59. The summed E-state index contributed by atoms with van der Waals surface area (Å²) in [6, 6.07) is 5.51. The summed E-state index contributed by atoms with van der Waals surface area (Å²) in [6.07, 6.45) is 1.80. The molecule has 0 bridgehead atoms. The minimum absolute atomic E-state index is 0.136. The Morgan fingerprint density at radius 2 is 2.33 bits per heavy atom. The summed E-state index contributed by atoms with van der Waals surface area (Å²) in [5.41, 5.74) is 0.714. The van der Waals surface area contributed by atoms with Crippen molar-refractivity contribution in [2.24, 2.45) is 0 Å². The van der Waals surface area contributed by atoms with Crippen molar-refractivity contribution in [3.8, 4) is 0 Å². The third-order valence-electron chi connectivity index (χ3n) is 1.84. The Morgan fingerprint density at radius 3 is 3.13 bits per heavy atom. The van der Waals surface area contributed by atoms with Crippen LogP contribution in [0.5, 0.6) is 0 Å². The monoisotopic (exact) mass is 207 g/mol. The Morgan fingerprint density at radius 1 is 1.47 bits per heavy atom. The van der Waals surface area contributed by atoms with Crippen LogP contribution in [0.1, 0.15) is 5.82 Å². The van der Waals surface area contributed by atoms with E-state index in [0.717, 1.165) is 0 Å². The number of pyridine rings is 1. The molecule has 0 aliphatic heterocycles. The summed E-state index contributed by atoms with van der Waals surface area (Å²) in [7, 11) is 0. The number of carboxylic acid groups (broad SMARTS) is 1. The number of nitrogens with zero attached hydrogens (tertiary/aromatic N) is 3. The van der Waals surface area contributed by atoms with Crippen LogP contribution in [0, 0.1) is 0 Å². The lowest BCUT2D eigenvalue weighted by atomic mass is 10.5. The van der Waals surface area contributed by atoms with E-state index < -0.39 is 5.97 Å². The van der Waals surface area contributed by atoms with Crippen molar-refractivity contribution in [2.75, 3.05) is 6.61 Å². The Labute approximate surface area is 85.1 Å². The molecular formula is C9H9N3O3. The van der Waals surface area contributed by atoms with Crippen molar-refractivity contribution in [3.63, 3.8) is 0 Å². The minimum Gasteiger partial charge on any atom is -0.480 e. The van der Waals surface area contributed by atoms with E-state index in [9.17, 15) is 4.79 Å². The second-order valence-corrected chi connectivity index (χ2v) is 2.93. The highest BCUT2D eigenvalue weighted by atomic mass is 16.5. The van der Waals surface area contributed by atoms with E-state index in [4.69, 9.17) is 9.84 Å². The summed E-state index contributed by atoms with van der Waals surface area (Å²) in [4.78, 5) is 10.2. The Bertz CT molecular complexity index is 480. The number of rotatable bonds is 4.